The molecule has 0 radical (unpaired) electrons. The maximum Gasteiger partial charge on any atom is 0.344 e. The molecule has 0 spiro atoms. The summed E-state index contributed by atoms with van der Waals surface area (Å²) in [6.07, 6.45) is 0.663. The first-order valence-corrected chi connectivity index (χ1v) is 8.55. The van der Waals surface area contributed by atoms with E-state index in [1.807, 2.05) is 6.92 Å². The zero-order valence-corrected chi connectivity index (χ0v) is 15.9. The molecule has 0 saturated heterocycles. The van der Waals surface area contributed by atoms with Crippen LogP contribution < -0.4 is 10.1 Å². The van der Waals surface area contributed by atoms with Crippen molar-refractivity contribution in [2.75, 3.05) is 20.3 Å². The topological polar surface area (TPSA) is 108 Å². The lowest BCUT2D eigenvalue weighted by Crippen LogP contribution is -2.47. The number of ether oxygens (including phenoxy) is 3. The van der Waals surface area contributed by atoms with Gasteiger partial charge in [-0.2, -0.15) is 0 Å². The number of carbonyl (C=O) groups excluding carboxylic acids is 4. The Bertz CT molecular complexity index is 669. The summed E-state index contributed by atoms with van der Waals surface area (Å²) in [5, 5.41) is 2.50. The molecule has 148 valence electrons. The maximum absolute atomic E-state index is 11.9. The van der Waals surface area contributed by atoms with Crippen molar-refractivity contribution in [2.24, 2.45) is 5.92 Å². The fraction of sp³-hybridized carbons (Fsp3) is 0.474. The van der Waals surface area contributed by atoms with Gasteiger partial charge in [0.2, 0.25) is 0 Å². The number of carbonyl (C=O) groups is 4. The monoisotopic (exact) mass is 379 g/mol. The van der Waals surface area contributed by atoms with E-state index in [2.05, 4.69) is 10.1 Å². The van der Waals surface area contributed by atoms with Crippen molar-refractivity contribution < 1.29 is 33.4 Å². The van der Waals surface area contributed by atoms with E-state index in [-0.39, 0.29) is 11.7 Å². The number of esters is 2. The fourth-order valence-electron chi connectivity index (χ4n) is 2.13. The first kappa shape index (κ1) is 22.1. The van der Waals surface area contributed by atoms with Gasteiger partial charge in [-0.05, 0) is 37.1 Å². The quantitative estimate of drug-likeness (QED) is 0.485. The van der Waals surface area contributed by atoms with Crippen LogP contribution in [0.3, 0.4) is 0 Å². The molecule has 0 aromatic heterocycles. The third kappa shape index (κ3) is 7.47. The van der Waals surface area contributed by atoms with Crippen LogP contribution in [0.4, 0.5) is 0 Å². The molecule has 8 heteroatoms. The van der Waals surface area contributed by atoms with Crippen LogP contribution in [0.15, 0.2) is 24.3 Å². The molecule has 0 saturated carbocycles. The van der Waals surface area contributed by atoms with Gasteiger partial charge < -0.3 is 19.5 Å². The number of rotatable bonds is 10. The number of hydrogen-bond acceptors (Lipinski definition) is 7. The van der Waals surface area contributed by atoms with E-state index in [9.17, 15) is 19.2 Å². The standard InChI is InChI=1S/C19H25NO7/c1-5-12(2)18(19(24)25-4)20-16(22)10-27-17(23)11-26-15-8-6-14(7-9-15)13(3)21/h6-9,12,18H,5,10-11H2,1-4H3,(H,20,22)/t12-,18-/m0/s1. The predicted octanol–water partition coefficient (Wildman–Crippen LogP) is 1.52. The fourth-order valence-corrected chi connectivity index (χ4v) is 2.13. The minimum atomic E-state index is -0.803. The molecule has 0 unspecified atom stereocenters. The molecule has 0 aliphatic carbocycles. The van der Waals surface area contributed by atoms with Crippen LogP contribution in [0.1, 0.15) is 37.6 Å². The third-order valence-electron chi connectivity index (χ3n) is 3.97. The summed E-state index contributed by atoms with van der Waals surface area (Å²) in [5.41, 5.74) is 0.531. The van der Waals surface area contributed by atoms with Crippen molar-refractivity contribution in [1.29, 1.82) is 0 Å². The molecule has 1 N–H and O–H groups in total. The Morgan fingerprint density at radius 2 is 1.70 bits per heavy atom. The summed E-state index contributed by atoms with van der Waals surface area (Å²) < 4.78 is 14.7. The van der Waals surface area contributed by atoms with Crippen LogP contribution in [-0.2, 0) is 23.9 Å². The lowest BCUT2D eigenvalue weighted by molar-refractivity contribution is -0.152. The van der Waals surface area contributed by atoms with E-state index in [0.717, 1.165) is 0 Å². The maximum atomic E-state index is 11.9. The number of nitrogens with one attached hydrogen (secondary N) is 1. The first-order chi connectivity index (χ1) is 12.8. The van der Waals surface area contributed by atoms with Crippen molar-refractivity contribution in [3.63, 3.8) is 0 Å². The number of hydrogen-bond donors (Lipinski definition) is 1. The smallest absolute Gasteiger partial charge is 0.344 e. The van der Waals surface area contributed by atoms with Gasteiger partial charge in [-0.15, -0.1) is 0 Å². The second kappa shape index (κ2) is 10.9. The molecule has 0 aliphatic heterocycles. The van der Waals surface area contributed by atoms with Gasteiger partial charge in [0.15, 0.2) is 19.0 Å². The Hall–Kier alpha value is -2.90. The van der Waals surface area contributed by atoms with Crippen LogP contribution in [0.2, 0.25) is 0 Å². The first-order valence-electron chi connectivity index (χ1n) is 8.55. The highest BCUT2D eigenvalue weighted by Gasteiger charge is 2.26. The molecule has 8 nitrogen and oxygen atoms in total. The predicted molar refractivity (Wildman–Crippen MR) is 96.3 cm³/mol. The average molecular weight is 379 g/mol. The molecule has 0 bridgehead atoms. The van der Waals surface area contributed by atoms with E-state index < -0.39 is 37.1 Å². The van der Waals surface area contributed by atoms with Crippen LogP contribution in [0.25, 0.3) is 0 Å². The minimum Gasteiger partial charge on any atom is -0.482 e. The van der Waals surface area contributed by atoms with Crippen LogP contribution in [0, 0.1) is 5.92 Å². The summed E-state index contributed by atoms with van der Waals surface area (Å²) in [4.78, 5) is 46.5. The Labute approximate surface area is 158 Å². The molecular formula is C19H25NO7. The van der Waals surface area contributed by atoms with Crippen molar-refractivity contribution in [3.05, 3.63) is 29.8 Å². The van der Waals surface area contributed by atoms with Crippen LogP contribution in [0.5, 0.6) is 5.75 Å². The van der Waals surface area contributed by atoms with Gasteiger partial charge in [-0.1, -0.05) is 20.3 Å². The number of benzene rings is 1. The molecule has 1 aromatic carbocycles. The molecule has 1 amide bonds. The molecule has 0 heterocycles. The van der Waals surface area contributed by atoms with Crippen molar-refractivity contribution >= 4 is 23.6 Å². The van der Waals surface area contributed by atoms with Crippen LogP contribution >= 0.6 is 0 Å². The number of methoxy groups -OCH3 is 1. The Morgan fingerprint density at radius 3 is 2.22 bits per heavy atom. The lowest BCUT2D eigenvalue weighted by Gasteiger charge is -2.21. The molecule has 0 aliphatic rings. The van der Waals surface area contributed by atoms with E-state index >= 15 is 0 Å². The normalized spacial score (nSPS) is 12.4. The number of ketones is 1. The van der Waals surface area contributed by atoms with Gasteiger partial charge in [-0.3, -0.25) is 9.59 Å². The summed E-state index contributed by atoms with van der Waals surface area (Å²) >= 11 is 0. The van der Waals surface area contributed by atoms with Gasteiger partial charge in [0, 0.05) is 5.56 Å². The third-order valence-corrected chi connectivity index (χ3v) is 3.97. The summed E-state index contributed by atoms with van der Waals surface area (Å²) in [5.74, 6) is -1.71. The van der Waals surface area contributed by atoms with Crippen molar-refractivity contribution in [1.82, 2.24) is 5.32 Å². The molecule has 1 rings (SSSR count). The Balaban J connectivity index is 2.43. The molecule has 1 aromatic rings. The van der Waals surface area contributed by atoms with Gasteiger partial charge >= 0.3 is 11.9 Å². The highest BCUT2D eigenvalue weighted by Crippen LogP contribution is 2.12. The minimum absolute atomic E-state index is 0.0744. The Morgan fingerprint density at radius 1 is 1.07 bits per heavy atom. The van der Waals surface area contributed by atoms with E-state index in [4.69, 9.17) is 9.47 Å². The van der Waals surface area contributed by atoms with E-state index in [0.29, 0.717) is 17.7 Å². The van der Waals surface area contributed by atoms with Crippen molar-refractivity contribution in [2.45, 2.75) is 33.2 Å². The number of amides is 1. The Kier molecular flexibility index (Phi) is 8.98. The largest absolute Gasteiger partial charge is 0.482 e. The van der Waals surface area contributed by atoms with Gasteiger partial charge in [0.05, 0.1) is 7.11 Å². The summed E-state index contributed by atoms with van der Waals surface area (Å²) in [7, 11) is 1.24. The second-order valence-corrected chi connectivity index (χ2v) is 5.98. The van der Waals surface area contributed by atoms with Gasteiger partial charge in [0.1, 0.15) is 11.8 Å². The highest BCUT2D eigenvalue weighted by atomic mass is 16.6. The molecule has 27 heavy (non-hydrogen) atoms. The highest BCUT2D eigenvalue weighted by molar-refractivity contribution is 5.94. The molecule has 2 atom stereocenters. The van der Waals surface area contributed by atoms with Crippen LogP contribution in [-0.4, -0.2) is 50.0 Å². The van der Waals surface area contributed by atoms with Gasteiger partial charge in [0.25, 0.3) is 5.91 Å². The molecular weight excluding hydrogens is 354 g/mol. The van der Waals surface area contributed by atoms with E-state index in [1.165, 1.54) is 14.0 Å². The summed E-state index contributed by atoms with van der Waals surface area (Å²) in [6, 6.07) is 5.48. The lowest BCUT2D eigenvalue weighted by atomic mass is 9.99. The van der Waals surface area contributed by atoms with Gasteiger partial charge in [-0.25, -0.2) is 9.59 Å². The zero-order valence-electron chi connectivity index (χ0n) is 15.9. The zero-order chi connectivity index (χ0) is 20.4. The summed E-state index contributed by atoms with van der Waals surface area (Å²) in [6.45, 7) is 4.21. The van der Waals surface area contributed by atoms with E-state index in [1.54, 1.807) is 31.2 Å². The number of Topliss-reactive ketones (excluding diaryl/α,β-unsaturated/α-hetero) is 1. The average Bonchev–Trinajstić information content (AvgIpc) is 2.67. The molecule has 0 fully saturated rings. The SMILES string of the molecule is CC[C@H](C)[C@H](NC(=O)COC(=O)COc1ccc(C(C)=O)cc1)C(=O)OC. The second-order valence-electron chi connectivity index (χ2n) is 5.98. The van der Waals surface area contributed by atoms with Crippen molar-refractivity contribution in [3.8, 4) is 5.75 Å².